The molecule has 0 aliphatic rings. The zero-order chi connectivity index (χ0) is 14.7. The highest BCUT2D eigenvalue weighted by atomic mass is 35.5. The molecule has 0 radical (unpaired) electrons. The van der Waals surface area contributed by atoms with Gasteiger partial charge in [0.05, 0.1) is 18.2 Å². The van der Waals surface area contributed by atoms with Gasteiger partial charge in [-0.25, -0.2) is 0 Å². The van der Waals surface area contributed by atoms with E-state index in [1.807, 2.05) is 54.6 Å². The first kappa shape index (κ1) is 13.9. The number of hydrogen-bond acceptors (Lipinski definition) is 3. The van der Waals surface area contributed by atoms with Crippen LogP contribution in [0.2, 0.25) is 5.02 Å². The lowest BCUT2D eigenvalue weighted by atomic mass is 10.1. The van der Waals surface area contributed by atoms with Crippen LogP contribution in [-0.4, -0.2) is 16.7 Å². The highest BCUT2D eigenvalue weighted by molar-refractivity contribution is 6.31. The predicted molar refractivity (Wildman–Crippen MR) is 86.6 cm³/mol. The van der Waals surface area contributed by atoms with Crippen LogP contribution in [0.25, 0.3) is 10.9 Å². The van der Waals surface area contributed by atoms with Gasteiger partial charge >= 0.3 is 0 Å². The van der Waals surface area contributed by atoms with Crippen LogP contribution < -0.4 is 5.32 Å². The van der Waals surface area contributed by atoms with E-state index in [1.54, 1.807) is 6.20 Å². The third kappa shape index (κ3) is 2.99. The minimum atomic E-state index is -0.171. The molecule has 21 heavy (non-hydrogen) atoms. The Morgan fingerprint density at radius 3 is 2.67 bits per heavy atom. The fraction of sp³-hybridized carbons (Fsp3) is 0.118. The Morgan fingerprint density at radius 1 is 1.10 bits per heavy atom. The second kappa shape index (κ2) is 6.12. The molecule has 3 nitrogen and oxygen atoms in total. The van der Waals surface area contributed by atoms with Crippen molar-refractivity contribution < 1.29 is 5.11 Å². The highest BCUT2D eigenvalue weighted by Gasteiger charge is 2.11. The zero-order valence-electron chi connectivity index (χ0n) is 11.3. The molecule has 106 valence electrons. The molecule has 1 heterocycles. The van der Waals surface area contributed by atoms with Crippen LogP contribution in [0.4, 0.5) is 5.69 Å². The van der Waals surface area contributed by atoms with E-state index in [9.17, 15) is 5.11 Å². The van der Waals surface area contributed by atoms with E-state index in [4.69, 9.17) is 11.6 Å². The number of aliphatic hydroxyl groups is 1. The molecule has 0 aliphatic carbocycles. The van der Waals surface area contributed by atoms with E-state index in [-0.39, 0.29) is 12.6 Å². The number of fused-ring (bicyclic) bond motifs is 1. The van der Waals surface area contributed by atoms with Crippen molar-refractivity contribution in [2.45, 2.75) is 6.04 Å². The lowest BCUT2D eigenvalue weighted by Gasteiger charge is -2.19. The van der Waals surface area contributed by atoms with Crippen LogP contribution in [0.1, 0.15) is 11.6 Å². The second-order valence-electron chi connectivity index (χ2n) is 4.81. The summed E-state index contributed by atoms with van der Waals surface area (Å²) in [6.45, 7) is 0.00833. The van der Waals surface area contributed by atoms with Gasteiger partial charge in [-0.1, -0.05) is 41.9 Å². The van der Waals surface area contributed by atoms with Gasteiger partial charge in [0.25, 0.3) is 0 Å². The number of hydrogen-bond donors (Lipinski definition) is 2. The first-order valence-corrected chi connectivity index (χ1v) is 7.12. The number of rotatable bonds is 4. The molecule has 0 bridgehead atoms. The first-order valence-electron chi connectivity index (χ1n) is 6.74. The van der Waals surface area contributed by atoms with Gasteiger partial charge in [0.2, 0.25) is 0 Å². The fourth-order valence-corrected chi connectivity index (χ4v) is 2.52. The molecule has 2 N–H and O–H groups in total. The van der Waals surface area contributed by atoms with Gasteiger partial charge in [-0.15, -0.1) is 0 Å². The lowest BCUT2D eigenvalue weighted by molar-refractivity contribution is 0.276. The maximum absolute atomic E-state index is 9.66. The average Bonchev–Trinajstić information content (AvgIpc) is 2.53. The molecule has 0 saturated heterocycles. The van der Waals surface area contributed by atoms with E-state index in [0.29, 0.717) is 5.02 Å². The summed E-state index contributed by atoms with van der Waals surface area (Å²) in [6.07, 6.45) is 1.75. The van der Waals surface area contributed by atoms with Crippen LogP contribution in [0.5, 0.6) is 0 Å². The smallest absolute Gasteiger partial charge is 0.0745 e. The zero-order valence-corrected chi connectivity index (χ0v) is 12.1. The molecule has 0 spiro atoms. The predicted octanol–water partition coefficient (Wildman–Crippen LogP) is 4.03. The van der Waals surface area contributed by atoms with Gasteiger partial charge < -0.3 is 10.4 Å². The van der Waals surface area contributed by atoms with Crippen molar-refractivity contribution in [1.29, 1.82) is 0 Å². The van der Waals surface area contributed by atoms with E-state index in [1.165, 1.54) is 0 Å². The van der Waals surface area contributed by atoms with Crippen LogP contribution in [-0.2, 0) is 0 Å². The third-order valence-electron chi connectivity index (χ3n) is 3.42. The molecule has 3 aromatic rings. The average molecular weight is 299 g/mol. The van der Waals surface area contributed by atoms with Crippen molar-refractivity contribution in [2.24, 2.45) is 0 Å². The Morgan fingerprint density at radius 2 is 1.90 bits per heavy atom. The summed E-state index contributed by atoms with van der Waals surface area (Å²) >= 11 is 6.07. The summed E-state index contributed by atoms with van der Waals surface area (Å²) in [7, 11) is 0. The molecule has 3 rings (SSSR count). The Labute approximate surface area is 128 Å². The number of halogens is 1. The summed E-state index contributed by atoms with van der Waals surface area (Å²) < 4.78 is 0. The summed E-state index contributed by atoms with van der Waals surface area (Å²) in [5.74, 6) is 0. The number of anilines is 1. The lowest BCUT2D eigenvalue weighted by Crippen LogP contribution is -2.15. The topological polar surface area (TPSA) is 45.1 Å². The normalized spacial score (nSPS) is 12.3. The number of benzene rings is 2. The van der Waals surface area contributed by atoms with Crippen LogP contribution in [0.3, 0.4) is 0 Å². The van der Waals surface area contributed by atoms with Crippen LogP contribution >= 0.6 is 11.6 Å². The van der Waals surface area contributed by atoms with Gasteiger partial charge in [-0.05, 0) is 29.8 Å². The van der Waals surface area contributed by atoms with Gasteiger partial charge in [0.1, 0.15) is 0 Å². The van der Waals surface area contributed by atoms with E-state index >= 15 is 0 Å². The molecular formula is C17H15ClN2O. The Bertz CT molecular complexity index is 746. The minimum Gasteiger partial charge on any atom is -0.394 e. The van der Waals surface area contributed by atoms with Gasteiger partial charge in [0.15, 0.2) is 0 Å². The molecule has 1 aromatic heterocycles. The third-order valence-corrected chi connectivity index (χ3v) is 3.65. The van der Waals surface area contributed by atoms with E-state index in [0.717, 1.165) is 22.2 Å². The van der Waals surface area contributed by atoms with Crippen molar-refractivity contribution in [2.75, 3.05) is 11.9 Å². The molecule has 4 heteroatoms. The summed E-state index contributed by atoms with van der Waals surface area (Å²) in [6, 6.07) is 17.2. The number of aliphatic hydroxyl groups excluding tert-OH is 1. The van der Waals surface area contributed by atoms with Crippen molar-refractivity contribution in [3.8, 4) is 0 Å². The monoisotopic (exact) mass is 298 g/mol. The number of nitrogens with one attached hydrogen (secondary N) is 1. The molecule has 0 saturated carbocycles. The maximum atomic E-state index is 9.66. The quantitative estimate of drug-likeness (QED) is 0.764. The van der Waals surface area contributed by atoms with Gasteiger partial charge in [0, 0.05) is 22.3 Å². The summed E-state index contributed by atoms with van der Waals surface area (Å²) in [5.41, 5.74) is 2.81. The largest absolute Gasteiger partial charge is 0.394 e. The van der Waals surface area contributed by atoms with Crippen molar-refractivity contribution >= 4 is 28.2 Å². The Hall–Kier alpha value is -2.10. The maximum Gasteiger partial charge on any atom is 0.0745 e. The minimum absolute atomic E-state index is 0.00833. The summed E-state index contributed by atoms with van der Waals surface area (Å²) in [4.78, 5) is 4.33. The number of pyridine rings is 1. The van der Waals surface area contributed by atoms with Crippen molar-refractivity contribution in [3.63, 3.8) is 0 Å². The van der Waals surface area contributed by atoms with Crippen LogP contribution in [0.15, 0.2) is 60.8 Å². The van der Waals surface area contributed by atoms with E-state index in [2.05, 4.69) is 10.3 Å². The highest BCUT2D eigenvalue weighted by Crippen LogP contribution is 2.28. The van der Waals surface area contributed by atoms with Gasteiger partial charge in [-0.2, -0.15) is 0 Å². The fourth-order valence-electron chi connectivity index (χ4n) is 2.35. The summed E-state index contributed by atoms with van der Waals surface area (Å²) in [5, 5.41) is 14.6. The second-order valence-corrected chi connectivity index (χ2v) is 5.25. The Kier molecular flexibility index (Phi) is 4.04. The molecule has 0 aliphatic heterocycles. The molecular weight excluding hydrogens is 284 g/mol. The molecule has 0 amide bonds. The van der Waals surface area contributed by atoms with Gasteiger partial charge in [-0.3, -0.25) is 4.98 Å². The SMILES string of the molecule is OCC(Nc1ccnc2ccc(Cl)cc12)c1ccccc1. The first-order chi connectivity index (χ1) is 10.3. The Balaban J connectivity index is 1.99. The molecule has 1 atom stereocenters. The van der Waals surface area contributed by atoms with Crippen LogP contribution in [0, 0.1) is 0 Å². The van der Waals surface area contributed by atoms with Crippen molar-refractivity contribution in [3.05, 3.63) is 71.4 Å². The number of aromatic nitrogens is 1. The molecule has 0 fully saturated rings. The van der Waals surface area contributed by atoms with Crippen molar-refractivity contribution in [1.82, 2.24) is 4.98 Å². The molecule has 2 aromatic carbocycles. The number of nitrogens with zero attached hydrogens (tertiary/aromatic N) is 1. The standard InChI is InChI=1S/C17H15ClN2O/c18-13-6-7-15-14(10-13)16(8-9-19-15)20-17(11-21)12-4-2-1-3-5-12/h1-10,17,21H,11H2,(H,19,20). The van der Waals surface area contributed by atoms with E-state index < -0.39 is 0 Å². The molecule has 1 unspecified atom stereocenters.